The number of nitrogens with two attached hydrogens (primary N) is 1. The van der Waals surface area contributed by atoms with Crippen LogP contribution in [0.5, 0.6) is 0 Å². The van der Waals surface area contributed by atoms with Crippen molar-refractivity contribution >= 4 is 0 Å². The third kappa shape index (κ3) is 2.61. The summed E-state index contributed by atoms with van der Waals surface area (Å²) < 4.78 is 4.11. The molecule has 2 aromatic heterocycles. The first-order valence-electron chi connectivity index (χ1n) is 6.52. The molecule has 0 amide bonds. The van der Waals surface area contributed by atoms with Gasteiger partial charge in [-0.3, -0.25) is 4.68 Å². The maximum atomic E-state index is 5.64. The number of aromatic nitrogens is 4. The molecule has 0 aromatic carbocycles. The van der Waals surface area contributed by atoms with Gasteiger partial charge < -0.3 is 10.3 Å². The Balaban J connectivity index is 2.11. The zero-order valence-electron chi connectivity index (χ0n) is 11.1. The van der Waals surface area contributed by atoms with Crippen molar-refractivity contribution in [3.05, 3.63) is 36.2 Å². The van der Waals surface area contributed by atoms with E-state index >= 15 is 0 Å². The summed E-state index contributed by atoms with van der Waals surface area (Å²) >= 11 is 0. The highest BCUT2D eigenvalue weighted by molar-refractivity contribution is 5.03. The van der Waals surface area contributed by atoms with E-state index in [1.165, 1.54) is 0 Å². The summed E-state index contributed by atoms with van der Waals surface area (Å²) in [5, 5.41) is 4.63. The van der Waals surface area contributed by atoms with E-state index in [1.807, 2.05) is 10.8 Å². The van der Waals surface area contributed by atoms with Gasteiger partial charge in [0.2, 0.25) is 0 Å². The molecule has 2 aromatic rings. The molecular formula is C13H21N5. The van der Waals surface area contributed by atoms with Crippen LogP contribution in [0.1, 0.15) is 44.2 Å². The van der Waals surface area contributed by atoms with Crippen molar-refractivity contribution in [1.29, 1.82) is 0 Å². The zero-order chi connectivity index (χ0) is 13.0. The van der Waals surface area contributed by atoms with Crippen LogP contribution in [0.15, 0.2) is 24.7 Å². The van der Waals surface area contributed by atoms with E-state index in [0.717, 1.165) is 30.9 Å². The fraction of sp³-hybridized carbons (Fsp3) is 0.538. The molecule has 0 bridgehead atoms. The molecule has 0 fully saturated rings. The Hall–Kier alpha value is -1.62. The van der Waals surface area contributed by atoms with Gasteiger partial charge in [0.25, 0.3) is 0 Å². The van der Waals surface area contributed by atoms with Gasteiger partial charge in [-0.15, -0.1) is 0 Å². The fourth-order valence-electron chi connectivity index (χ4n) is 2.18. The van der Waals surface area contributed by atoms with Gasteiger partial charge in [-0.1, -0.05) is 13.8 Å². The normalized spacial score (nSPS) is 11.3. The monoisotopic (exact) mass is 247 g/mol. The lowest BCUT2D eigenvalue weighted by Crippen LogP contribution is -2.11. The number of hydrogen-bond acceptors (Lipinski definition) is 3. The maximum Gasteiger partial charge on any atom is 0.122 e. The molecule has 0 aliphatic rings. The van der Waals surface area contributed by atoms with Crippen molar-refractivity contribution in [2.24, 2.45) is 5.73 Å². The number of imidazole rings is 1. The Bertz CT molecular complexity index is 481. The summed E-state index contributed by atoms with van der Waals surface area (Å²) in [5.41, 5.74) is 6.69. The van der Waals surface area contributed by atoms with Crippen LogP contribution in [-0.4, -0.2) is 19.3 Å². The Morgan fingerprint density at radius 2 is 2.06 bits per heavy atom. The molecule has 0 unspecified atom stereocenters. The lowest BCUT2D eigenvalue weighted by atomic mass is 10.2. The average Bonchev–Trinajstić information content (AvgIpc) is 3.01. The van der Waals surface area contributed by atoms with Crippen molar-refractivity contribution in [3.63, 3.8) is 0 Å². The average molecular weight is 247 g/mol. The van der Waals surface area contributed by atoms with Crippen LogP contribution < -0.4 is 5.73 Å². The minimum Gasteiger partial charge on any atom is -0.328 e. The molecule has 2 rings (SSSR count). The summed E-state index contributed by atoms with van der Waals surface area (Å²) in [6.07, 6.45) is 8.00. The van der Waals surface area contributed by atoms with Crippen molar-refractivity contribution in [1.82, 2.24) is 19.3 Å². The summed E-state index contributed by atoms with van der Waals surface area (Å²) in [4.78, 5) is 4.21. The fourth-order valence-corrected chi connectivity index (χ4v) is 2.18. The molecule has 5 heteroatoms. The minimum atomic E-state index is 0.459. The molecule has 0 saturated carbocycles. The molecule has 98 valence electrons. The molecule has 0 spiro atoms. The van der Waals surface area contributed by atoms with Gasteiger partial charge in [0.15, 0.2) is 0 Å². The molecule has 0 saturated heterocycles. The SMILES string of the molecule is CCC(CC)n1ccc(Cn2ccnc2CN)n1. The second kappa shape index (κ2) is 5.82. The quantitative estimate of drug-likeness (QED) is 0.848. The van der Waals surface area contributed by atoms with Crippen molar-refractivity contribution in [3.8, 4) is 0 Å². The molecule has 0 atom stereocenters. The first-order valence-corrected chi connectivity index (χ1v) is 6.52. The molecule has 0 aliphatic heterocycles. The molecule has 2 N–H and O–H groups in total. The van der Waals surface area contributed by atoms with Gasteiger partial charge in [-0.25, -0.2) is 4.98 Å². The summed E-state index contributed by atoms with van der Waals surface area (Å²) in [6.45, 7) is 5.58. The summed E-state index contributed by atoms with van der Waals surface area (Å²) in [5.74, 6) is 0.895. The lowest BCUT2D eigenvalue weighted by molar-refractivity contribution is 0.424. The highest BCUT2D eigenvalue weighted by Crippen LogP contribution is 2.15. The van der Waals surface area contributed by atoms with E-state index in [9.17, 15) is 0 Å². The van der Waals surface area contributed by atoms with E-state index in [0.29, 0.717) is 12.6 Å². The molecule has 0 radical (unpaired) electrons. The molecule has 2 heterocycles. The van der Waals surface area contributed by atoms with Crippen LogP contribution in [0.4, 0.5) is 0 Å². The van der Waals surface area contributed by atoms with Crippen LogP contribution in [-0.2, 0) is 13.1 Å². The lowest BCUT2D eigenvalue weighted by Gasteiger charge is -2.12. The maximum absolute atomic E-state index is 5.64. The predicted molar refractivity (Wildman–Crippen MR) is 71.1 cm³/mol. The first kappa shape index (κ1) is 12.8. The van der Waals surface area contributed by atoms with Crippen LogP contribution in [0.3, 0.4) is 0 Å². The van der Waals surface area contributed by atoms with E-state index in [1.54, 1.807) is 6.20 Å². The third-order valence-corrected chi connectivity index (χ3v) is 3.30. The number of nitrogens with zero attached hydrogens (tertiary/aromatic N) is 4. The largest absolute Gasteiger partial charge is 0.328 e. The molecule has 18 heavy (non-hydrogen) atoms. The van der Waals surface area contributed by atoms with E-state index in [-0.39, 0.29) is 0 Å². The Kier molecular flexibility index (Phi) is 4.15. The second-order valence-electron chi connectivity index (χ2n) is 4.43. The van der Waals surface area contributed by atoms with E-state index in [4.69, 9.17) is 5.73 Å². The second-order valence-corrected chi connectivity index (χ2v) is 4.43. The Morgan fingerprint density at radius 1 is 1.28 bits per heavy atom. The zero-order valence-corrected chi connectivity index (χ0v) is 11.1. The number of hydrogen-bond donors (Lipinski definition) is 1. The van der Waals surface area contributed by atoms with Gasteiger partial charge in [-0.2, -0.15) is 5.10 Å². The van der Waals surface area contributed by atoms with Crippen molar-refractivity contribution in [2.45, 2.75) is 45.8 Å². The Labute approximate surface area is 108 Å². The van der Waals surface area contributed by atoms with Gasteiger partial charge in [0.05, 0.1) is 24.8 Å². The van der Waals surface area contributed by atoms with Gasteiger partial charge in [0, 0.05) is 18.6 Å². The standard InChI is InChI=1S/C13H21N5/c1-3-12(4-2)18-7-5-11(16-18)10-17-8-6-15-13(17)9-14/h5-8,12H,3-4,9-10,14H2,1-2H3. The minimum absolute atomic E-state index is 0.459. The highest BCUT2D eigenvalue weighted by atomic mass is 15.3. The van der Waals surface area contributed by atoms with Crippen molar-refractivity contribution < 1.29 is 0 Å². The van der Waals surface area contributed by atoms with Gasteiger partial charge >= 0.3 is 0 Å². The summed E-state index contributed by atoms with van der Waals surface area (Å²) in [6, 6.07) is 2.56. The first-order chi connectivity index (χ1) is 8.78. The van der Waals surface area contributed by atoms with E-state index < -0.39 is 0 Å². The predicted octanol–water partition coefficient (Wildman–Crippen LogP) is 1.95. The van der Waals surface area contributed by atoms with Crippen LogP contribution in [0, 0.1) is 0 Å². The molecule has 5 nitrogen and oxygen atoms in total. The number of rotatable bonds is 6. The van der Waals surface area contributed by atoms with Crippen molar-refractivity contribution in [2.75, 3.05) is 0 Å². The van der Waals surface area contributed by atoms with Gasteiger partial charge in [0.1, 0.15) is 5.82 Å². The summed E-state index contributed by atoms with van der Waals surface area (Å²) in [7, 11) is 0. The topological polar surface area (TPSA) is 61.7 Å². The van der Waals surface area contributed by atoms with Gasteiger partial charge in [-0.05, 0) is 18.9 Å². The third-order valence-electron chi connectivity index (χ3n) is 3.30. The smallest absolute Gasteiger partial charge is 0.122 e. The van der Waals surface area contributed by atoms with E-state index in [2.05, 4.69) is 40.9 Å². The highest BCUT2D eigenvalue weighted by Gasteiger charge is 2.09. The molecular weight excluding hydrogens is 226 g/mol. The Morgan fingerprint density at radius 3 is 2.72 bits per heavy atom. The van der Waals surface area contributed by atoms with Crippen LogP contribution in [0.25, 0.3) is 0 Å². The van der Waals surface area contributed by atoms with Crippen LogP contribution >= 0.6 is 0 Å². The molecule has 0 aliphatic carbocycles. The van der Waals surface area contributed by atoms with Crippen LogP contribution in [0.2, 0.25) is 0 Å².